The third kappa shape index (κ3) is 7.81. The molecule has 0 bridgehead atoms. The number of anilines is 2. The van der Waals surface area contributed by atoms with E-state index in [0.717, 1.165) is 69.0 Å². The molecule has 3 amide bonds. The maximum absolute atomic E-state index is 13.4. The maximum Gasteiger partial charge on any atom is 0.278 e. The monoisotopic (exact) mass is 821 g/mol. The lowest BCUT2D eigenvalue weighted by Crippen LogP contribution is -2.74. The molecule has 3 aliphatic heterocycles. The van der Waals surface area contributed by atoms with Gasteiger partial charge in [-0.05, 0) is 55.5 Å². The summed E-state index contributed by atoms with van der Waals surface area (Å²) in [6, 6.07) is 11.7. The number of hydrogen-bond donors (Lipinski definition) is 2. The summed E-state index contributed by atoms with van der Waals surface area (Å²) in [4.78, 5) is 67.0. The van der Waals surface area contributed by atoms with Crippen molar-refractivity contribution in [1.29, 1.82) is 5.26 Å². The van der Waals surface area contributed by atoms with E-state index in [0.29, 0.717) is 44.7 Å². The van der Waals surface area contributed by atoms with Gasteiger partial charge in [0.05, 0.1) is 21.5 Å². The first-order valence-electron chi connectivity index (χ1n) is 20.2. The molecular formula is C42H48ClN11O5. The largest absolute Gasteiger partial charge is 0.489 e. The highest BCUT2D eigenvalue weighted by Gasteiger charge is 2.64. The summed E-state index contributed by atoms with van der Waals surface area (Å²) >= 11 is 6.24. The number of amides is 3. The molecule has 2 aromatic heterocycles. The Labute approximate surface area is 346 Å². The number of ether oxygens (including phenoxy) is 1. The first kappa shape index (κ1) is 40.1. The molecule has 5 heterocycles. The van der Waals surface area contributed by atoms with Gasteiger partial charge in [-0.25, -0.2) is 9.97 Å². The summed E-state index contributed by atoms with van der Waals surface area (Å²) in [7, 11) is 0. The van der Waals surface area contributed by atoms with Crippen molar-refractivity contribution in [3.05, 3.63) is 75.3 Å². The van der Waals surface area contributed by atoms with Crippen LogP contribution in [-0.2, 0) is 9.59 Å². The minimum atomic E-state index is -0.857. The van der Waals surface area contributed by atoms with E-state index < -0.39 is 11.9 Å². The second-order valence-electron chi connectivity index (χ2n) is 17.3. The van der Waals surface area contributed by atoms with Gasteiger partial charge in [-0.3, -0.25) is 29.4 Å². The Morgan fingerprint density at radius 2 is 1.66 bits per heavy atom. The van der Waals surface area contributed by atoms with Crippen LogP contribution in [-0.4, -0.2) is 106 Å². The molecule has 16 nitrogen and oxygen atoms in total. The molecule has 3 saturated heterocycles. The SMILES string of the molecule is CC1(C)[C@H](NC(=O)c2cnc(N3CCN(CC4CCN(c5ccc6nnn(C7CCC(=O)NC7=O)c(=O)c6c5)CC4)CC3)nc2)C(C)(C)[C@H]1Oc1ccc(C#N)c(Cl)c1. The first-order valence-corrected chi connectivity index (χ1v) is 20.5. The van der Waals surface area contributed by atoms with Gasteiger partial charge in [-0.2, -0.15) is 9.94 Å². The second-order valence-corrected chi connectivity index (χ2v) is 17.7. The number of rotatable bonds is 9. The van der Waals surface area contributed by atoms with Crippen molar-refractivity contribution < 1.29 is 19.1 Å². The van der Waals surface area contributed by atoms with E-state index in [1.165, 1.54) is 0 Å². The Hall–Kier alpha value is -5.66. The highest BCUT2D eigenvalue weighted by Crippen LogP contribution is 2.55. The lowest BCUT2D eigenvalue weighted by molar-refractivity contribution is -0.164. The number of imide groups is 1. The molecule has 308 valence electrons. The number of piperazine rings is 1. The van der Waals surface area contributed by atoms with Crippen molar-refractivity contribution in [2.24, 2.45) is 16.7 Å². The minimum absolute atomic E-state index is 0.149. The Balaban J connectivity index is 0.802. The molecule has 4 aliphatic rings. The summed E-state index contributed by atoms with van der Waals surface area (Å²) < 4.78 is 7.46. The van der Waals surface area contributed by atoms with E-state index in [2.05, 4.69) is 79.4 Å². The van der Waals surface area contributed by atoms with E-state index in [4.69, 9.17) is 16.3 Å². The fourth-order valence-corrected chi connectivity index (χ4v) is 9.85. The lowest BCUT2D eigenvalue weighted by Gasteiger charge is -2.63. The van der Waals surface area contributed by atoms with Crippen LogP contribution in [0.3, 0.4) is 0 Å². The Kier molecular flexibility index (Phi) is 10.8. The van der Waals surface area contributed by atoms with Crippen molar-refractivity contribution >= 4 is 51.9 Å². The molecular weight excluding hydrogens is 774 g/mol. The van der Waals surface area contributed by atoms with E-state index in [1.54, 1.807) is 36.7 Å². The van der Waals surface area contributed by atoms with Gasteiger partial charge in [0, 0.05) is 93.3 Å². The Morgan fingerprint density at radius 1 is 0.949 bits per heavy atom. The molecule has 0 spiro atoms. The zero-order valence-corrected chi connectivity index (χ0v) is 34.4. The van der Waals surface area contributed by atoms with Gasteiger partial charge >= 0.3 is 0 Å². The van der Waals surface area contributed by atoms with Gasteiger partial charge in [0.2, 0.25) is 11.9 Å². The van der Waals surface area contributed by atoms with Crippen molar-refractivity contribution in [2.45, 2.75) is 71.6 Å². The van der Waals surface area contributed by atoms with Crippen LogP contribution in [0.25, 0.3) is 10.9 Å². The summed E-state index contributed by atoms with van der Waals surface area (Å²) in [5.74, 6) is 0.619. The number of nitrogens with zero attached hydrogens (tertiary/aromatic N) is 9. The smallest absolute Gasteiger partial charge is 0.278 e. The number of nitriles is 1. The number of carbonyl (C=O) groups is 3. The predicted molar refractivity (Wildman–Crippen MR) is 220 cm³/mol. The molecule has 2 N–H and O–H groups in total. The van der Waals surface area contributed by atoms with Crippen LogP contribution < -0.4 is 30.7 Å². The summed E-state index contributed by atoms with van der Waals surface area (Å²) in [5.41, 5.74) is 1.03. The molecule has 4 aromatic rings. The molecule has 0 radical (unpaired) electrons. The van der Waals surface area contributed by atoms with E-state index in [-0.39, 0.29) is 53.2 Å². The highest BCUT2D eigenvalue weighted by atomic mass is 35.5. The predicted octanol–water partition coefficient (Wildman–Crippen LogP) is 3.73. The number of piperidine rings is 2. The topological polar surface area (TPSA) is 192 Å². The highest BCUT2D eigenvalue weighted by molar-refractivity contribution is 6.31. The summed E-state index contributed by atoms with van der Waals surface area (Å²) in [6.07, 6.45) is 5.40. The van der Waals surface area contributed by atoms with Crippen LogP contribution >= 0.6 is 11.6 Å². The van der Waals surface area contributed by atoms with Crippen LogP contribution in [0, 0.1) is 28.1 Å². The van der Waals surface area contributed by atoms with Crippen LogP contribution in [0.2, 0.25) is 5.02 Å². The number of fused-ring (bicyclic) bond motifs is 1. The molecule has 59 heavy (non-hydrogen) atoms. The van der Waals surface area contributed by atoms with Crippen molar-refractivity contribution in [3.63, 3.8) is 0 Å². The van der Waals surface area contributed by atoms with E-state index in [9.17, 15) is 24.4 Å². The fraction of sp³-hybridized carbons (Fsp3) is 0.500. The fourth-order valence-electron chi connectivity index (χ4n) is 9.64. The van der Waals surface area contributed by atoms with Gasteiger partial charge in [0.15, 0.2) is 0 Å². The summed E-state index contributed by atoms with van der Waals surface area (Å²) in [6.45, 7) is 14.4. The lowest BCUT2D eigenvalue weighted by atomic mass is 9.49. The zero-order valence-electron chi connectivity index (χ0n) is 33.7. The third-order valence-corrected chi connectivity index (χ3v) is 13.0. The van der Waals surface area contributed by atoms with Crippen LogP contribution in [0.15, 0.2) is 53.6 Å². The van der Waals surface area contributed by atoms with Crippen LogP contribution in [0.4, 0.5) is 11.6 Å². The van der Waals surface area contributed by atoms with Crippen molar-refractivity contribution in [1.82, 2.24) is 40.5 Å². The standard InChI is InChI=1S/C42H48ClN11O5/c1-41(2)38(42(3,4)39(41)59-29-7-5-26(21-44)31(43)20-29)48-35(56)27-22-45-40(46-23-27)53-17-15-51(16-18-53)24-25-11-13-52(14-12-25)28-6-8-32-30(19-28)37(58)54(50-49-32)33-9-10-34(55)47-36(33)57/h5-8,19-20,22-23,25,33,38-39H,9-18,24H2,1-4H3,(H,48,56)(H,47,55,57)/t33?,38-,39-. The Morgan fingerprint density at radius 3 is 2.32 bits per heavy atom. The molecule has 1 saturated carbocycles. The average Bonchev–Trinajstić information content (AvgIpc) is 3.23. The number of hydrogen-bond acceptors (Lipinski definition) is 13. The number of nitrogens with one attached hydrogen (secondary N) is 2. The first-order chi connectivity index (χ1) is 28.2. The van der Waals surface area contributed by atoms with Gasteiger partial charge in [-0.1, -0.05) is 44.5 Å². The van der Waals surface area contributed by atoms with E-state index >= 15 is 0 Å². The third-order valence-electron chi connectivity index (χ3n) is 12.7. The van der Waals surface area contributed by atoms with Gasteiger partial charge in [-0.15, -0.1) is 5.10 Å². The van der Waals surface area contributed by atoms with Gasteiger partial charge < -0.3 is 19.9 Å². The van der Waals surface area contributed by atoms with Gasteiger partial charge in [0.25, 0.3) is 17.4 Å². The van der Waals surface area contributed by atoms with Crippen molar-refractivity contribution in [3.8, 4) is 11.8 Å². The van der Waals surface area contributed by atoms with Gasteiger partial charge in [0.1, 0.15) is 29.5 Å². The molecule has 1 aliphatic carbocycles. The minimum Gasteiger partial charge on any atom is -0.489 e. The van der Waals surface area contributed by atoms with E-state index in [1.807, 2.05) is 12.1 Å². The van der Waals surface area contributed by atoms with Crippen LogP contribution in [0.1, 0.15) is 75.3 Å². The Bertz CT molecular complexity index is 2360. The maximum atomic E-state index is 13.4. The number of carbonyl (C=O) groups excluding carboxylic acids is 3. The molecule has 8 rings (SSSR count). The molecule has 1 atom stereocenters. The molecule has 1 unspecified atom stereocenters. The molecule has 2 aromatic carbocycles. The number of benzene rings is 2. The van der Waals surface area contributed by atoms with Crippen LogP contribution in [0.5, 0.6) is 5.75 Å². The zero-order chi connectivity index (χ0) is 41.6. The number of aromatic nitrogens is 5. The molecule has 17 heteroatoms. The quantitative estimate of drug-likeness (QED) is 0.233. The second kappa shape index (κ2) is 15.8. The normalized spacial score (nSPS) is 23.3. The average molecular weight is 822 g/mol. The molecule has 4 fully saturated rings. The number of halogens is 1. The summed E-state index contributed by atoms with van der Waals surface area (Å²) in [5, 5.41) is 23.7. The van der Waals surface area contributed by atoms with Crippen molar-refractivity contribution in [2.75, 3.05) is 55.6 Å².